The topological polar surface area (TPSA) is 58.6 Å². The van der Waals surface area contributed by atoms with Gasteiger partial charge in [-0.05, 0) is 51.3 Å². The van der Waals surface area contributed by atoms with Gasteiger partial charge in [-0.1, -0.05) is 12.1 Å². The molecule has 0 aromatic heterocycles. The second-order valence-corrected chi connectivity index (χ2v) is 6.15. The van der Waals surface area contributed by atoms with Crippen molar-refractivity contribution in [3.63, 3.8) is 0 Å². The van der Waals surface area contributed by atoms with Crippen LogP contribution in [0.3, 0.4) is 0 Å². The summed E-state index contributed by atoms with van der Waals surface area (Å²) in [4.78, 5) is 11.7. The van der Waals surface area contributed by atoms with E-state index in [-0.39, 0.29) is 12.0 Å². The maximum absolute atomic E-state index is 11.7. The van der Waals surface area contributed by atoms with Gasteiger partial charge in [0.25, 0.3) is 0 Å². The summed E-state index contributed by atoms with van der Waals surface area (Å²) in [6.07, 6.45) is 1.54. The predicted molar refractivity (Wildman–Crippen MR) is 74.3 cm³/mol. The van der Waals surface area contributed by atoms with Gasteiger partial charge in [-0.2, -0.15) is 0 Å². The highest BCUT2D eigenvalue weighted by molar-refractivity contribution is 5.85. The van der Waals surface area contributed by atoms with E-state index in [4.69, 9.17) is 4.74 Å². The van der Waals surface area contributed by atoms with Crippen LogP contribution >= 0.6 is 0 Å². The van der Waals surface area contributed by atoms with Gasteiger partial charge >= 0.3 is 6.09 Å². The maximum Gasteiger partial charge on any atom is 0.412 e. The molecule has 0 spiro atoms. The van der Waals surface area contributed by atoms with E-state index in [0.717, 1.165) is 18.4 Å². The lowest BCUT2D eigenvalue weighted by molar-refractivity contribution is 0.0636. The summed E-state index contributed by atoms with van der Waals surface area (Å²) in [6, 6.07) is 7.61. The predicted octanol–water partition coefficient (Wildman–Crippen LogP) is 3.06. The third-order valence-corrected chi connectivity index (χ3v) is 3.28. The van der Waals surface area contributed by atoms with Crippen LogP contribution in [-0.4, -0.2) is 23.4 Å². The van der Waals surface area contributed by atoms with Crippen molar-refractivity contribution >= 4 is 11.8 Å². The normalized spacial score (nSPS) is 16.8. The van der Waals surface area contributed by atoms with Gasteiger partial charge in [0, 0.05) is 11.1 Å². The van der Waals surface area contributed by atoms with Crippen molar-refractivity contribution in [2.24, 2.45) is 0 Å². The van der Waals surface area contributed by atoms with Crippen molar-refractivity contribution in [1.29, 1.82) is 0 Å². The Bertz CT molecular complexity index is 473. The third-order valence-electron chi connectivity index (χ3n) is 3.28. The molecule has 1 saturated carbocycles. The number of nitrogens with one attached hydrogen (secondary N) is 1. The number of hydrogen-bond acceptors (Lipinski definition) is 3. The third kappa shape index (κ3) is 3.47. The Hall–Kier alpha value is -1.55. The molecular weight excluding hydrogens is 242 g/mol. The fourth-order valence-electron chi connectivity index (χ4n) is 2.04. The van der Waals surface area contributed by atoms with E-state index < -0.39 is 11.7 Å². The van der Waals surface area contributed by atoms with Gasteiger partial charge in [0.05, 0.1) is 6.61 Å². The number of amides is 1. The number of benzene rings is 1. The molecule has 0 unspecified atom stereocenters. The molecule has 1 fully saturated rings. The molecule has 0 aliphatic heterocycles. The molecule has 0 bridgehead atoms. The highest BCUT2D eigenvalue weighted by Gasteiger charge is 2.43. The first-order valence-electron chi connectivity index (χ1n) is 6.56. The van der Waals surface area contributed by atoms with E-state index in [0.29, 0.717) is 5.69 Å². The first-order valence-corrected chi connectivity index (χ1v) is 6.56. The number of hydrogen-bond donors (Lipinski definition) is 2. The molecular formula is C15H21NO3. The van der Waals surface area contributed by atoms with Crippen LogP contribution in [0.4, 0.5) is 10.5 Å². The molecule has 1 aromatic carbocycles. The SMILES string of the molecule is CC(C)(C)OC(=O)Nc1cccc(C2(CO)CC2)c1. The first kappa shape index (κ1) is 13.9. The van der Waals surface area contributed by atoms with E-state index in [1.807, 2.05) is 45.0 Å². The molecule has 0 heterocycles. The Balaban J connectivity index is 2.06. The van der Waals surface area contributed by atoms with Crippen LogP contribution in [0.15, 0.2) is 24.3 Å². The molecule has 0 atom stereocenters. The Morgan fingerprint density at radius 1 is 1.42 bits per heavy atom. The minimum atomic E-state index is -0.509. The minimum absolute atomic E-state index is 0.0916. The zero-order valence-electron chi connectivity index (χ0n) is 11.7. The van der Waals surface area contributed by atoms with Crippen LogP contribution in [0.5, 0.6) is 0 Å². The van der Waals surface area contributed by atoms with E-state index in [2.05, 4.69) is 5.32 Å². The van der Waals surface area contributed by atoms with E-state index in [1.54, 1.807) is 0 Å². The highest BCUT2D eigenvalue weighted by atomic mass is 16.6. The monoisotopic (exact) mass is 263 g/mol. The number of rotatable bonds is 3. The van der Waals surface area contributed by atoms with Crippen molar-refractivity contribution in [1.82, 2.24) is 0 Å². The van der Waals surface area contributed by atoms with Gasteiger partial charge in [0.2, 0.25) is 0 Å². The van der Waals surface area contributed by atoms with Crippen LogP contribution in [-0.2, 0) is 10.2 Å². The standard InChI is InChI=1S/C15H21NO3/c1-14(2,3)19-13(18)16-12-6-4-5-11(9-12)15(10-17)7-8-15/h4-6,9,17H,7-8,10H2,1-3H3,(H,16,18). The maximum atomic E-state index is 11.7. The molecule has 1 amide bonds. The van der Waals surface area contributed by atoms with Gasteiger partial charge in [-0.25, -0.2) is 4.79 Å². The lowest BCUT2D eigenvalue weighted by Gasteiger charge is -2.20. The van der Waals surface area contributed by atoms with Crippen LogP contribution in [0.2, 0.25) is 0 Å². The molecule has 104 valence electrons. The second kappa shape index (κ2) is 4.85. The second-order valence-electron chi connectivity index (χ2n) is 6.15. The number of carbonyl (C=O) groups is 1. The molecule has 1 aliphatic rings. The van der Waals surface area contributed by atoms with Gasteiger partial charge < -0.3 is 9.84 Å². The Morgan fingerprint density at radius 2 is 2.11 bits per heavy atom. The molecule has 0 saturated heterocycles. The summed E-state index contributed by atoms with van der Waals surface area (Å²) in [6.45, 7) is 5.64. The zero-order valence-corrected chi connectivity index (χ0v) is 11.7. The molecule has 4 heteroatoms. The van der Waals surface area contributed by atoms with Crippen LogP contribution in [0.1, 0.15) is 39.2 Å². The number of carbonyl (C=O) groups excluding carboxylic acids is 1. The van der Waals surface area contributed by atoms with Crippen molar-refractivity contribution in [3.8, 4) is 0 Å². The summed E-state index contributed by atoms with van der Waals surface area (Å²) >= 11 is 0. The van der Waals surface area contributed by atoms with Gasteiger partial charge in [-0.3, -0.25) is 5.32 Å². The smallest absolute Gasteiger partial charge is 0.412 e. The number of aliphatic hydroxyl groups is 1. The van der Waals surface area contributed by atoms with Crippen molar-refractivity contribution in [2.75, 3.05) is 11.9 Å². The summed E-state index contributed by atoms with van der Waals surface area (Å²) in [5.74, 6) is 0. The lowest BCUT2D eigenvalue weighted by Crippen LogP contribution is -2.27. The van der Waals surface area contributed by atoms with Gasteiger partial charge in [-0.15, -0.1) is 0 Å². The molecule has 19 heavy (non-hydrogen) atoms. The molecule has 1 aromatic rings. The molecule has 4 nitrogen and oxygen atoms in total. The van der Waals surface area contributed by atoms with Gasteiger partial charge in [0.15, 0.2) is 0 Å². The number of aliphatic hydroxyl groups excluding tert-OH is 1. The fourth-order valence-corrected chi connectivity index (χ4v) is 2.04. The molecule has 0 radical (unpaired) electrons. The van der Waals surface area contributed by atoms with E-state index >= 15 is 0 Å². The largest absolute Gasteiger partial charge is 0.444 e. The quantitative estimate of drug-likeness (QED) is 0.881. The number of ether oxygens (including phenoxy) is 1. The average molecular weight is 263 g/mol. The first-order chi connectivity index (χ1) is 8.85. The minimum Gasteiger partial charge on any atom is -0.444 e. The Labute approximate surface area is 113 Å². The lowest BCUT2D eigenvalue weighted by atomic mass is 9.97. The summed E-state index contributed by atoms with van der Waals surface area (Å²) < 4.78 is 5.21. The summed E-state index contributed by atoms with van der Waals surface area (Å²) in [5, 5.41) is 12.1. The fraction of sp³-hybridized carbons (Fsp3) is 0.533. The zero-order chi connectivity index (χ0) is 14.1. The van der Waals surface area contributed by atoms with E-state index in [1.165, 1.54) is 0 Å². The summed E-state index contributed by atoms with van der Waals surface area (Å²) in [7, 11) is 0. The highest BCUT2D eigenvalue weighted by Crippen LogP contribution is 2.48. The van der Waals surface area contributed by atoms with Crippen molar-refractivity contribution in [3.05, 3.63) is 29.8 Å². The molecule has 2 N–H and O–H groups in total. The van der Waals surface area contributed by atoms with E-state index in [9.17, 15) is 9.90 Å². The van der Waals surface area contributed by atoms with Crippen molar-refractivity contribution in [2.45, 2.75) is 44.6 Å². The average Bonchev–Trinajstić information content (AvgIpc) is 3.07. The molecule has 1 aliphatic carbocycles. The van der Waals surface area contributed by atoms with Crippen LogP contribution < -0.4 is 5.32 Å². The molecule has 2 rings (SSSR count). The van der Waals surface area contributed by atoms with Gasteiger partial charge in [0.1, 0.15) is 5.60 Å². The van der Waals surface area contributed by atoms with Crippen LogP contribution in [0, 0.1) is 0 Å². The Kier molecular flexibility index (Phi) is 3.54. The van der Waals surface area contributed by atoms with Crippen molar-refractivity contribution < 1.29 is 14.6 Å². The number of anilines is 1. The summed E-state index contributed by atoms with van der Waals surface area (Å²) in [5.41, 5.74) is 1.17. The Morgan fingerprint density at radius 3 is 2.63 bits per heavy atom. The van der Waals surface area contributed by atoms with Crippen LogP contribution in [0.25, 0.3) is 0 Å².